The molecular weight excluding hydrogens is 1780 g/mol. The van der Waals surface area contributed by atoms with Crippen molar-refractivity contribution in [1.82, 2.24) is 93.1 Å². The minimum Gasteiger partial charge on any atom is -0.508 e. The number of carbonyl (C=O) groups excluding carboxylic acids is 15. The van der Waals surface area contributed by atoms with Crippen LogP contribution < -0.4 is 86.7 Å². The van der Waals surface area contributed by atoms with Crippen LogP contribution in [0.4, 0.5) is 13.2 Å². The fourth-order valence-corrected chi connectivity index (χ4v) is 16.5. The van der Waals surface area contributed by atoms with E-state index in [9.17, 15) is 71.3 Å². The SMILES string of the molecule is CCC(C)[C@H](NC(=O)[C@H](N)Cc1ccc(O)cc1)C(=O)N[C@H]1CSSCC(C(=O)N(C)[C@H](C(N)=O)[C@@H](C)CC)NC(=O)[C@H](CCCNC(=N)N)NC(=O)[C@H](Cc2cnc[nH]2)NC(=O)[C@H](C)NC(=O)CN(C)C(=O)C(Cc2c[nH]c3ccccc23)NC(=O)[C@H](CC(=O)O)NC(=O)C(CCC(N)=O)NC(=O)C(Cc2cn(C)c3ccccc23)NC(=O)C(C(C)C)NC1=O.O=C(O)C(F)(F)F. The Labute approximate surface area is 770 Å². The maximum atomic E-state index is 15.5. The summed E-state index contributed by atoms with van der Waals surface area (Å²) in [6, 6.07) is -1.05. The van der Waals surface area contributed by atoms with E-state index in [1.54, 1.807) is 126 Å². The summed E-state index contributed by atoms with van der Waals surface area (Å²) in [4.78, 5) is 253. The summed E-state index contributed by atoms with van der Waals surface area (Å²) >= 11 is 0. The Hall–Kier alpha value is -13.5. The Morgan fingerprint density at radius 2 is 1.21 bits per heavy atom. The molecule has 15 amide bonds. The number of aromatic hydroxyl groups is 1. The second-order valence-corrected chi connectivity index (χ2v) is 35.1. The van der Waals surface area contributed by atoms with E-state index in [1.165, 1.54) is 45.7 Å². The number of phenolic OH excluding ortho intramolecular Hbond substituents is 1. The molecule has 7 rings (SSSR count). The first-order valence-electron chi connectivity index (χ1n) is 42.5. The monoisotopic (exact) mass is 1900 g/mol. The molecular formula is C85H118F3N23O20S2. The molecule has 0 spiro atoms. The van der Waals surface area contributed by atoms with Gasteiger partial charge in [-0.15, -0.1) is 0 Å². The van der Waals surface area contributed by atoms with Gasteiger partial charge in [0, 0.05) is 111 Å². The molecule has 43 nitrogen and oxygen atoms in total. The third-order valence-corrected chi connectivity index (χ3v) is 24.3. The van der Waals surface area contributed by atoms with E-state index in [4.69, 9.17) is 38.2 Å². The van der Waals surface area contributed by atoms with Crippen LogP contribution in [0.3, 0.4) is 0 Å². The average Bonchev–Trinajstić information content (AvgIpc) is 1.66. The lowest BCUT2D eigenvalue weighted by Gasteiger charge is -2.33. The van der Waals surface area contributed by atoms with Gasteiger partial charge < -0.3 is 126 Å². The highest BCUT2D eigenvalue weighted by Crippen LogP contribution is 2.28. The molecule has 48 heteroatoms. The number of phenols is 1. The first kappa shape index (κ1) is 108. The topological polar surface area (TPSA) is 679 Å². The zero-order valence-electron chi connectivity index (χ0n) is 74.9. The molecule has 6 unspecified atom stereocenters. The first-order valence-corrected chi connectivity index (χ1v) is 45.0. The second kappa shape index (κ2) is 51.3. The number of carboxylic acid groups (broad SMARTS) is 2. The summed E-state index contributed by atoms with van der Waals surface area (Å²) in [5.41, 5.74) is 26.7. The van der Waals surface area contributed by atoms with E-state index in [0.29, 0.717) is 44.9 Å². The number of carbonyl (C=O) groups is 17. The number of hydrogen-bond acceptors (Lipinski definition) is 23. The molecule has 726 valence electrons. The summed E-state index contributed by atoms with van der Waals surface area (Å²) in [7, 11) is 5.95. The molecule has 0 aliphatic carbocycles. The van der Waals surface area contributed by atoms with Gasteiger partial charge in [-0.05, 0) is 91.3 Å². The highest BCUT2D eigenvalue weighted by atomic mass is 33.1. The van der Waals surface area contributed by atoms with E-state index in [0.717, 1.165) is 31.4 Å². The number of likely N-dealkylation sites (N-methyl/N-ethyl adjacent to an activating group) is 2. The quantitative estimate of drug-likeness (QED) is 0.0111. The van der Waals surface area contributed by atoms with Gasteiger partial charge in [0.1, 0.15) is 78.3 Å². The van der Waals surface area contributed by atoms with Crippen LogP contribution in [-0.4, -0.2) is 275 Å². The van der Waals surface area contributed by atoms with E-state index in [2.05, 4.69) is 78.8 Å². The number of aromatic nitrogens is 4. The summed E-state index contributed by atoms with van der Waals surface area (Å²) in [5.74, 6) is -22.8. The lowest BCUT2D eigenvalue weighted by atomic mass is 9.97. The summed E-state index contributed by atoms with van der Waals surface area (Å²) in [6.07, 6.45) is -2.24. The first-order chi connectivity index (χ1) is 62.6. The normalized spacial score (nSPS) is 21.3. The molecule has 1 aliphatic heterocycles. The van der Waals surface area contributed by atoms with Crippen molar-refractivity contribution < 1.29 is 110 Å². The molecule has 3 aromatic heterocycles. The van der Waals surface area contributed by atoms with Crippen LogP contribution in [-0.2, 0) is 114 Å². The maximum Gasteiger partial charge on any atom is 0.490 e. The van der Waals surface area contributed by atoms with Crippen molar-refractivity contribution in [2.24, 2.45) is 47.7 Å². The van der Waals surface area contributed by atoms with Gasteiger partial charge in [-0.3, -0.25) is 82.1 Å². The fourth-order valence-electron chi connectivity index (χ4n) is 14.2. The van der Waals surface area contributed by atoms with Crippen LogP contribution in [0.1, 0.15) is 116 Å². The maximum absolute atomic E-state index is 15.5. The number of nitrogens with two attached hydrogens (primary N) is 4. The number of imidazole rings is 1. The van der Waals surface area contributed by atoms with Crippen molar-refractivity contribution in [3.05, 3.63) is 120 Å². The lowest BCUT2D eigenvalue weighted by Crippen LogP contribution is -2.62. The highest BCUT2D eigenvalue weighted by Gasteiger charge is 2.42. The van der Waals surface area contributed by atoms with Crippen molar-refractivity contribution >= 4 is 150 Å². The standard InChI is InChI=1S/C83H117N23O18S2.C2HF3O2/c1-11-43(5)68(103-72(114)53(84)30-46-23-25-50(107)26-24-46)80(122)100-61-39-125-126-40-62(82(124)106(10)69(70(86)112)44(6)12-2)101-73(115)55(21-17-29-90-83(87)88)94-76(118)58(33-49-36-89-41-92-49)96-71(113)45(7)93-65(109)38-105(9)81(123)60(31-47-35-91-54-20-15-13-18-51(47)54)99-77(119)59(34-66(110)111)97-74(116)56(27-28-64(85)108)95-75(117)57(98-79(121)67(42(3)4)102-78(61)120)32-48-37-104(8)63-22-16-14-19-52(48)63;3-2(4,5)1(6)7/h13-16,18-20,22-26,35-37,41-45,53,55-62,67-69,91,107H,11-12,17,21,27-34,38-40,84H2,1-10H3,(H2,85,108)(H2,86,112)(H,89,92)(H,93,109)(H,94,118)(H,95,117)(H,96,113)(H,97,116)(H,98,121)(H,99,119)(H,100,122)(H,101,115)(H,102,120)(H,103,114)(H,110,111)(H4,87,88,90);(H,6,7)/t43?,44-,45-,53+,55-,56?,57?,58-,59-,60?,61-,62?,67?,68-,69-;/m0./s1. The van der Waals surface area contributed by atoms with Gasteiger partial charge in [-0.25, -0.2) is 9.78 Å². The number of primary amides is 2. The summed E-state index contributed by atoms with van der Waals surface area (Å²) in [5, 5.41) is 67.9. The number of carboxylic acids is 2. The number of alkyl halides is 3. The zero-order chi connectivity index (χ0) is 99.0. The zero-order valence-corrected chi connectivity index (χ0v) is 76.5. The van der Waals surface area contributed by atoms with E-state index in [-0.39, 0.29) is 62.9 Å². The van der Waals surface area contributed by atoms with Crippen LogP contribution in [0.5, 0.6) is 5.75 Å². The number of para-hydroxylation sites is 2. The minimum atomic E-state index is -5.08. The number of fused-ring (bicyclic) bond motifs is 2. The van der Waals surface area contributed by atoms with Crippen LogP contribution >= 0.6 is 21.6 Å². The van der Waals surface area contributed by atoms with Crippen molar-refractivity contribution in [3.8, 4) is 5.75 Å². The molecule has 26 N–H and O–H groups in total. The average molecular weight is 1900 g/mol. The van der Waals surface area contributed by atoms with Crippen molar-refractivity contribution in [3.63, 3.8) is 0 Å². The number of aromatic amines is 2. The van der Waals surface area contributed by atoms with Gasteiger partial charge in [0.25, 0.3) is 0 Å². The van der Waals surface area contributed by atoms with Crippen molar-refractivity contribution in [1.29, 1.82) is 5.41 Å². The summed E-state index contributed by atoms with van der Waals surface area (Å²) < 4.78 is 33.5. The van der Waals surface area contributed by atoms with Crippen molar-refractivity contribution in [2.75, 3.05) is 38.7 Å². The Balaban J connectivity index is 0.00000373. The molecule has 0 bridgehead atoms. The number of benzene rings is 3. The smallest absolute Gasteiger partial charge is 0.490 e. The Morgan fingerprint density at radius 3 is 1.80 bits per heavy atom. The molecule has 4 heterocycles. The van der Waals surface area contributed by atoms with Gasteiger partial charge in [0.05, 0.1) is 25.3 Å². The Morgan fingerprint density at radius 1 is 0.654 bits per heavy atom. The van der Waals surface area contributed by atoms with Gasteiger partial charge in [-0.2, -0.15) is 13.2 Å². The number of aliphatic carboxylic acids is 2. The van der Waals surface area contributed by atoms with Crippen molar-refractivity contribution in [2.45, 2.75) is 204 Å². The molecule has 3 aromatic carbocycles. The fraction of sp³-hybridized carbons (Fsp3) is 0.494. The van der Waals surface area contributed by atoms with Crippen LogP contribution in [0.15, 0.2) is 97.7 Å². The lowest BCUT2D eigenvalue weighted by molar-refractivity contribution is -0.192. The minimum absolute atomic E-state index is 0.0137. The number of halogens is 3. The van der Waals surface area contributed by atoms with E-state index in [1.807, 2.05) is 0 Å². The number of hydrogen-bond donors (Lipinski definition) is 22. The molecule has 1 fully saturated rings. The van der Waals surface area contributed by atoms with Gasteiger partial charge in [0.2, 0.25) is 88.6 Å². The third kappa shape index (κ3) is 33.4. The van der Waals surface area contributed by atoms with Gasteiger partial charge >= 0.3 is 18.1 Å². The number of H-pyrrole nitrogens is 2. The molecule has 0 saturated carbocycles. The predicted octanol–water partition coefficient (Wildman–Crippen LogP) is -1.41. The number of nitrogens with zero attached hydrogens (tertiary/aromatic N) is 4. The molecule has 1 saturated heterocycles. The number of aryl methyl sites for hydroxylation is 1. The third-order valence-electron chi connectivity index (χ3n) is 21.9. The molecule has 0 radical (unpaired) electrons. The summed E-state index contributed by atoms with van der Waals surface area (Å²) in [6.45, 7) is 10.3. The molecule has 15 atom stereocenters. The molecule has 1 aliphatic rings. The Bertz CT molecular complexity index is 5120. The predicted molar refractivity (Wildman–Crippen MR) is 483 cm³/mol. The Kier molecular flexibility index (Phi) is 41.8. The van der Waals surface area contributed by atoms with Crippen LogP contribution in [0.25, 0.3) is 21.8 Å². The van der Waals surface area contributed by atoms with Gasteiger partial charge in [0.15, 0.2) is 5.96 Å². The second-order valence-electron chi connectivity index (χ2n) is 32.5. The van der Waals surface area contributed by atoms with Gasteiger partial charge in [-0.1, -0.05) is 125 Å². The number of rotatable bonds is 29. The number of guanidine groups is 1. The number of nitrogens with one attached hydrogen (secondary N) is 15. The molecule has 133 heavy (non-hydrogen) atoms. The van der Waals surface area contributed by atoms with E-state index < -0.39 is 246 Å². The highest BCUT2D eigenvalue weighted by molar-refractivity contribution is 8.76. The largest absolute Gasteiger partial charge is 0.508 e. The molecule has 6 aromatic rings. The van der Waals surface area contributed by atoms with E-state index >= 15 is 28.8 Å². The number of amides is 15. The van der Waals surface area contributed by atoms with Crippen LogP contribution in [0, 0.1) is 23.2 Å². The van der Waals surface area contributed by atoms with Crippen LogP contribution in [0.2, 0.25) is 0 Å².